The molecule has 3 nitrogen and oxygen atoms in total. The van der Waals surface area contributed by atoms with Crippen molar-refractivity contribution in [3.05, 3.63) is 17.7 Å². The van der Waals surface area contributed by atoms with Crippen molar-refractivity contribution in [1.82, 2.24) is 4.98 Å². The molecule has 0 atom stereocenters. The van der Waals surface area contributed by atoms with Gasteiger partial charge in [-0.1, -0.05) is 0 Å². The summed E-state index contributed by atoms with van der Waals surface area (Å²) in [5, 5.41) is 0. The van der Waals surface area contributed by atoms with Crippen molar-refractivity contribution < 1.29 is 0 Å². The third-order valence-corrected chi connectivity index (χ3v) is 1.25. The smallest absolute Gasteiger partial charge is 0.163 e. The van der Waals surface area contributed by atoms with E-state index in [-0.39, 0.29) is 0 Å². The molecule has 1 aromatic rings. The predicted molar refractivity (Wildman–Crippen MR) is 35.9 cm³/mol. The standard InChI is InChI=1S/C6H5N3/c7-5-2-1-4-3-8-6(4)9-5/h1-3H,(H2,7,8,9). The van der Waals surface area contributed by atoms with Gasteiger partial charge >= 0.3 is 0 Å². The molecule has 0 bridgehead atoms. The van der Waals surface area contributed by atoms with Crippen LogP contribution < -0.4 is 5.73 Å². The summed E-state index contributed by atoms with van der Waals surface area (Å²) < 4.78 is 0. The Morgan fingerprint density at radius 2 is 2.22 bits per heavy atom. The van der Waals surface area contributed by atoms with Crippen LogP contribution in [0.3, 0.4) is 0 Å². The van der Waals surface area contributed by atoms with Crippen LogP contribution in [0.2, 0.25) is 0 Å². The zero-order valence-electron chi connectivity index (χ0n) is 4.70. The van der Waals surface area contributed by atoms with Gasteiger partial charge in [0.15, 0.2) is 5.82 Å². The number of nitrogens with zero attached hydrogens (tertiary/aromatic N) is 2. The third-order valence-electron chi connectivity index (χ3n) is 1.25. The number of anilines is 1. The molecule has 0 unspecified atom stereocenters. The first-order valence-corrected chi connectivity index (χ1v) is 2.67. The lowest BCUT2D eigenvalue weighted by Crippen LogP contribution is -1.98. The van der Waals surface area contributed by atoms with E-state index in [1.54, 1.807) is 12.3 Å². The fourth-order valence-corrected chi connectivity index (χ4v) is 0.743. The summed E-state index contributed by atoms with van der Waals surface area (Å²) in [5.74, 6) is 1.29. The normalized spacial score (nSPS) is 12.4. The van der Waals surface area contributed by atoms with Gasteiger partial charge in [0.2, 0.25) is 0 Å². The molecule has 0 aromatic carbocycles. The maximum Gasteiger partial charge on any atom is 0.163 e. The molecule has 44 valence electrons. The Hall–Kier alpha value is -1.38. The van der Waals surface area contributed by atoms with E-state index in [4.69, 9.17) is 5.73 Å². The summed E-state index contributed by atoms with van der Waals surface area (Å²) in [4.78, 5) is 7.82. The molecule has 1 aliphatic rings. The van der Waals surface area contributed by atoms with E-state index < -0.39 is 0 Å². The van der Waals surface area contributed by atoms with Crippen molar-refractivity contribution in [2.24, 2.45) is 4.99 Å². The maximum atomic E-state index is 5.38. The number of rotatable bonds is 0. The van der Waals surface area contributed by atoms with Gasteiger partial charge in [-0.25, -0.2) is 9.98 Å². The van der Waals surface area contributed by atoms with Gasteiger partial charge in [0.25, 0.3) is 0 Å². The Labute approximate surface area is 52.2 Å². The molecule has 0 aliphatic carbocycles. The second kappa shape index (κ2) is 1.31. The van der Waals surface area contributed by atoms with Crippen LogP contribution >= 0.6 is 0 Å². The molecule has 1 aliphatic heterocycles. The summed E-state index contributed by atoms with van der Waals surface area (Å²) in [7, 11) is 0. The fourth-order valence-electron chi connectivity index (χ4n) is 0.743. The second-order valence-corrected chi connectivity index (χ2v) is 1.91. The molecule has 3 heteroatoms. The lowest BCUT2D eigenvalue weighted by atomic mass is 10.2. The molecule has 9 heavy (non-hydrogen) atoms. The lowest BCUT2D eigenvalue weighted by molar-refractivity contribution is 1.24. The van der Waals surface area contributed by atoms with Gasteiger partial charge in [-0.15, -0.1) is 0 Å². The van der Waals surface area contributed by atoms with Gasteiger partial charge in [-0.3, -0.25) is 0 Å². The van der Waals surface area contributed by atoms with Crippen LogP contribution in [0.4, 0.5) is 11.6 Å². The van der Waals surface area contributed by atoms with Crippen molar-refractivity contribution in [2.75, 3.05) is 5.73 Å². The average Bonchev–Trinajstić information content (AvgIpc) is 1.78. The third kappa shape index (κ3) is 0.512. The highest BCUT2D eigenvalue weighted by Gasteiger charge is 2.06. The molecule has 0 saturated carbocycles. The van der Waals surface area contributed by atoms with E-state index in [2.05, 4.69) is 9.98 Å². The molecular formula is C6H5N3. The van der Waals surface area contributed by atoms with Gasteiger partial charge in [0, 0.05) is 11.8 Å². The highest BCUT2D eigenvalue weighted by atomic mass is 15.0. The van der Waals surface area contributed by atoms with Crippen molar-refractivity contribution >= 4 is 17.9 Å². The van der Waals surface area contributed by atoms with Gasteiger partial charge in [0.05, 0.1) is 0 Å². The molecular weight excluding hydrogens is 114 g/mol. The number of aliphatic imine (C=N–C) groups is 1. The van der Waals surface area contributed by atoms with E-state index in [9.17, 15) is 0 Å². The minimum Gasteiger partial charge on any atom is -0.384 e. The number of fused-ring (bicyclic) bond motifs is 1. The topological polar surface area (TPSA) is 51.3 Å². The average molecular weight is 119 g/mol. The minimum absolute atomic E-state index is 0.533. The van der Waals surface area contributed by atoms with Crippen molar-refractivity contribution in [2.45, 2.75) is 0 Å². The maximum absolute atomic E-state index is 5.38. The van der Waals surface area contributed by atoms with Gasteiger partial charge in [0.1, 0.15) is 5.82 Å². The summed E-state index contributed by atoms with van der Waals surface area (Å²) in [6.45, 7) is 0. The van der Waals surface area contributed by atoms with Crippen LogP contribution in [0.1, 0.15) is 5.56 Å². The van der Waals surface area contributed by atoms with Gasteiger partial charge in [-0.05, 0) is 12.1 Å². The van der Waals surface area contributed by atoms with Crippen LogP contribution in [0, 0.1) is 0 Å². The molecule has 2 N–H and O–H groups in total. The van der Waals surface area contributed by atoms with Crippen molar-refractivity contribution in [1.29, 1.82) is 0 Å². The molecule has 0 radical (unpaired) electrons. The summed E-state index contributed by atoms with van der Waals surface area (Å²) in [6.07, 6.45) is 1.77. The van der Waals surface area contributed by atoms with Gasteiger partial charge in [-0.2, -0.15) is 0 Å². The van der Waals surface area contributed by atoms with Crippen LogP contribution in [-0.2, 0) is 0 Å². The quantitative estimate of drug-likeness (QED) is 0.555. The first-order valence-electron chi connectivity index (χ1n) is 2.67. The number of aromatic nitrogens is 1. The molecule has 0 amide bonds. The lowest BCUT2D eigenvalue weighted by Gasteiger charge is -2.06. The molecule has 0 spiro atoms. The Bertz CT molecular complexity index is 278. The molecule has 0 fully saturated rings. The minimum atomic E-state index is 0.533. The largest absolute Gasteiger partial charge is 0.384 e. The van der Waals surface area contributed by atoms with Gasteiger partial charge < -0.3 is 5.73 Å². The summed E-state index contributed by atoms with van der Waals surface area (Å²) >= 11 is 0. The molecule has 0 saturated heterocycles. The Morgan fingerprint density at radius 3 is 2.67 bits per heavy atom. The highest BCUT2D eigenvalue weighted by Crippen LogP contribution is 2.22. The summed E-state index contributed by atoms with van der Waals surface area (Å²) in [5.41, 5.74) is 6.45. The zero-order chi connectivity index (χ0) is 6.27. The second-order valence-electron chi connectivity index (χ2n) is 1.91. The monoisotopic (exact) mass is 119 g/mol. The fraction of sp³-hybridized carbons (Fsp3) is 0. The Morgan fingerprint density at radius 1 is 1.33 bits per heavy atom. The first kappa shape index (κ1) is 4.49. The number of hydrogen-bond acceptors (Lipinski definition) is 3. The number of nitrogen functional groups attached to an aromatic ring is 1. The van der Waals surface area contributed by atoms with Crippen molar-refractivity contribution in [3.8, 4) is 0 Å². The van der Waals surface area contributed by atoms with Crippen molar-refractivity contribution in [3.63, 3.8) is 0 Å². The molecule has 2 heterocycles. The number of nitrogens with two attached hydrogens (primary N) is 1. The Balaban J connectivity index is 2.63. The molecule has 1 aromatic heterocycles. The van der Waals surface area contributed by atoms with E-state index in [1.165, 1.54) is 0 Å². The van der Waals surface area contributed by atoms with Crippen LogP contribution in [0.15, 0.2) is 17.1 Å². The van der Waals surface area contributed by atoms with E-state index in [0.717, 1.165) is 11.4 Å². The van der Waals surface area contributed by atoms with Crippen LogP contribution in [0.5, 0.6) is 0 Å². The zero-order valence-corrected chi connectivity index (χ0v) is 4.70. The number of pyridine rings is 1. The van der Waals surface area contributed by atoms with E-state index in [1.807, 2.05) is 6.07 Å². The van der Waals surface area contributed by atoms with Crippen LogP contribution in [0.25, 0.3) is 0 Å². The highest BCUT2D eigenvalue weighted by molar-refractivity contribution is 5.95. The SMILES string of the molecule is Nc1ccc2c(n1)N=C2. The summed E-state index contributed by atoms with van der Waals surface area (Å²) in [6, 6.07) is 3.68. The molecule has 2 rings (SSSR count). The Kier molecular flexibility index (Phi) is 0.656. The van der Waals surface area contributed by atoms with E-state index >= 15 is 0 Å². The number of hydrogen-bond donors (Lipinski definition) is 1. The van der Waals surface area contributed by atoms with Crippen LogP contribution in [-0.4, -0.2) is 11.2 Å². The first-order chi connectivity index (χ1) is 4.36. The predicted octanol–water partition coefficient (Wildman–Crippen LogP) is 0.728. The van der Waals surface area contributed by atoms with E-state index in [0.29, 0.717) is 5.82 Å².